The standard InChI is InChI=1S/C16H16ClN3O2/c1-10(16(22)18-14-7-3-2-6-12(14)17)20-15(21)9-11-5-4-8-13(11)19-20/h2-3,6-7,9-10H,4-5,8H2,1H3,(H,18,22). The highest BCUT2D eigenvalue weighted by Crippen LogP contribution is 2.22. The van der Waals surface area contributed by atoms with Gasteiger partial charge < -0.3 is 5.32 Å². The molecule has 1 aromatic carbocycles. The number of aryl methyl sites for hydroxylation is 2. The number of hydrogen-bond donors (Lipinski definition) is 1. The van der Waals surface area contributed by atoms with Gasteiger partial charge in [-0.15, -0.1) is 0 Å². The fourth-order valence-electron chi connectivity index (χ4n) is 2.60. The zero-order valence-corrected chi connectivity index (χ0v) is 12.9. The van der Waals surface area contributed by atoms with E-state index in [1.54, 1.807) is 37.3 Å². The zero-order valence-electron chi connectivity index (χ0n) is 12.2. The fourth-order valence-corrected chi connectivity index (χ4v) is 2.79. The third kappa shape index (κ3) is 2.76. The van der Waals surface area contributed by atoms with Crippen molar-refractivity contribution >= 4 is 23.2 Å². The van der Waals surface area contributed by atoms with Gasteiger partial charge in [0, 0.05) is 6.07 Å². The zero-order chi connectivity index (χ0) is 15.7. The first kappa shape index (κ1) is 14.8. The van der Waals surface area contributed by atoms with E-state index in [2.05, 4.69) is 10.4 Å². The van der Waals surface area contributed by atoms with Crippen LogP contribution < -0.4 is 10.9 Å². The van der Waals surface area contributed by atoms with E-state index < -0.39 is 6.04 Å². The van der Waals surface area contributed by atoms with Gasteiger partial charge >= 0.3 is 0 Å². The van der Waals surface area contributed by atoms with Gasteiger partial charge in [0.05, 0.1) is 16.4 Å². The molecule has 1 amide bonds. The van der Waals surface area contributed by atoms with Crippen LogP contribution in [0.4, 0.5) is 5.69 Å². The number of para-hydroxylation sites is 1. The Morgan fingerprint density at radius 1 is 1.36 bits per heavy atom. The normalized spacial score (nSPS) is 14.5. The fraction of sp³-hybridized carbons (Fsp3) is 0.312. The van der Waals surface area contributed by atoms with Gasteiger partial charge in [-0.1, -0.05) is 23.7 Å². The van der Waals surface area contributed by atoms with E-state index in [1.807, 2.05) is 0 Å². The van der Waals surface area contributed by atoms with Crippen LogP contribution in [0, 0.1) is 0 Å². The van der Waals surface area contributed by atoms with Crippen LogP contribution in [0.25, 0.3) is 0 Å². The predicted octanol–water partition coefficient (Wildman–Crippen LogP) is 2.59. The minimum atomic E-state index is -0.699. The number of benzene rings is 1. The lowest BCUT2D eigenvalue weighted by atomic mass is 10.2. The molecule has 5 nitrogen and oxygen atoms in total. The summed E-state index contributed by atoms with van der Waals surface area (Å²) in [6.45, 7) is 1.65. The Bertz CT molecular complexity index is 785. The molecular formula is C16H16ClN3O2. The summed E-state index contributed by atoms with van der Waals surface area (Å²) in [6, 6.07) is 7.87. The van der Waals surface area contributed by atoms with Gasteiger partial charge in [0.15, 0.2) is 0 Å². The van der Waals surface area contributed by atoms with Crippen molar-refractivity contribution in [1.82, 2.24) is 9.78 Å². The number of amides is 1. The summed E-state index contributed by atoms with van der Waals surface area (Å²) in [5, 5.41) is 7.54. The SMILES string of the molecule is CC(C(=O)Nc1ccccc1Cl)n1nc2c(cc1=O)CCC2. The molecule has 1 aliphatic carbocycles. The number of halogens is 1. The highest BCUT2D eigenvalue weighted by Gasteiger charge is 2.21. The maximum atomic E-state index is 12.3. The summed E-state index contributed by atoms with van der Waals surface area (Å²) in [5.74, 6) is -0.319. The molecule has 1 N–H and O–H groups in total. The van der Waals surface area contributed by atoms with Crippen LogP contribution in [0.3, 0.4) is 0 Å². The van der Waals surface area contributed by atoms with E-state index in [9.17, 15) is 9.59 Å². The average Bonchev–Trinajstić information content (AvgIpc) is 2.95. The second-order valence-electron chi connectivity index (χ2n) is 5.40. The molecule has 0 saturated heterocycles. The van der Waals surface area contributed by atoms with Crippen molar-refractivity contribution in [1.29, 1.82) is 0 Å². The van der Waals surface area contributed by atoms with Gasteiger partial charge in [0.2, 0.25) is 5.91 Å². The van der Waals surface area contributed by atoms with E-state index >= 15 is 0 Å². The molecule has 114 valence electrons. The van der Waals surface area contributed by atoms with Gasteiger partial charge in [-0.2, -0.15) is 5.10 Å². The monoisotopic (exact) mass is 317 g/mol. The van der Waals surface area contributed by atoms with Crippen molar-refractivity contribution in [2.45, 2.75) is 32.2 Å². The highest BCUT2D eigenvalue weighted by atomic mass is 35.5. The Morgan fingerprint density at radius 3 is 2.91 bits per heavy atom. The first-order valence-electron chi connectivity index (χ1n) is 7.23. The lowest BCUT2D eigenvalue weighted by Crippen LogP contribution is -2.34. The van der Waals surface area contributed by atoms with Crippen molar-refractivity contribution in [2.75, 3.05) is 5.32 Å². The summed E-state index contributed by atoms with van der Waals surface area (Å²) in [6.07, 6.45) is 2.75. The Kier molecular flexibility index (Phi) is 3.98. The molecule has 0 fully saturated rings. The van der Waals surface area contributed by atoms with Crippen LogP contribution in [0.15, 0.2) is 35.1 Å². The van der Waals surface area contributed by atoms with Crippen molar-refractivity contribution < 1.29 is 4.79 Å². The third-order valence-corrected chi connectivity index (χ3v) is 4.19. The minimum absolute atomic E-state index is 0.248. The van der Waals surface area contributed by atoms with Crippen molar-refractivity contribution in [3.8, 4) is 0 Å². The molecule has 2 aromatic rings. The second-order valence-corrected chi connectivity index (χ2v) is 5.80. The summed E-state index contributed by atoms with van der Waals surface area (Å²) < 4.78 is 1.25. The Balaban J connectivity index is 1.85. The molecule has 6 heteroatoms. The number of nitrogens with one attached hydrogen (secondary N) is 1. The van der Waals surface area contributed by atoms with Crippen molar-refractivity contribution in [2.24, 2.45) is 0 Å². The number of carbonyl (C=O) groups excluding carboxylic acids is 1. The number of fused-ring (bicyclic) bond motifs is 1. The number of hydrogen-bond acceptors (Lipinski definition) is 3. The van der Waals surface area contributed by atoms with Gasteiger partial charge in [-0.3, -0.25) is 9.59 Å². The molecule has 1 unspecified atom stereocenters. The lowest BCUT2D eigenvalue weighted by Gasteiger charge is -2.15. The van der Waals surface area contributed by atoms with Crippen LogP contribution in [-0.2, 0) is 17.6 Å². The molecule has 0 spiro atoms. The summed E-state index contributed by atoms with van der Waals surface area (Å²) in [4.78, 5) is 24.5. The third-order valence-electron chi connectivity index (χ3n) is 3.86. The number of anilines is 1. The number of rotatable bonds is 3. The van der Waals surface area contributed by atoms with Crippen LogP contribution in [-0.4, -0.2) is 15.7 Å². The smallest absolute Gasteiger partial charge is 0.267 e. The lowest BCUT2D eigenvalue weighted by molar-refractivity contribution is -0.119. The average molecular weight is 318 g/mol. The maximum Gasteiger partial charge on any atom is 0.267 e. The first-order valence-corrected chi connectivity index (χ1v) is 7.61. The van der Waals surface area contributed by atoms with Crippen molar-refractivity contribution in [3.63, 3.8) is 0 Å². The van der Waals surface area contributed by atoms with E-state index in [4.69, 9.17) is 11.6 Å². The van der Waals surface area contributed by atoms with E-state index in [0.29, 0.717) is 10.7 Å². The molecule has 1 aliphatic rings. The molecule has 0 radical (unpaired) electrons. The molecule has 1 aromatic heterocycles. The van der Waals surface area contributed by atoms with Gasteiger partial charge in [0.25, 0.3) is 5.56 Å². The molecule has 22 heavy (non-hydrogen) atoms. The summed E-state index contributed by atoms with van der Waals surface area (Å²) in [5.41, 5.74) is 2.19. The predicted molar refractivity (Wildman–Crippen MR) is 85.3 cm³/mol. The number of carbonyl (C=O) groups is 1. The summed E-state index contributed by atoms with van der Waals surface area (Å²) in [7, 11) is 0. The van der Waals surface area contributed by atoms with E-state index in [0.717, 1.165) is 30.5 Å². The molecular weight excluding hydrogens is 302 g/mol. The number of aromatic nitrogens is 2. The highest BCUT2D eigenvalue weighted by molar-refractivity contribution is 6.33. The molecule has 0 bridgehead atoms. The van der Waals surface area contributed by atoms with Crippen LogP contribution in [0.5, 0.6) is 0 Å². The molecule has 3 rings (SSSR count). The van der Waals surface area contributed by atoms with Crippen LogP contribution in [0.1, 0.15) is 30.6 Å². The molecule has 0 aliphatic heterocycles. The quantitative estimate of drug-likeness (QED) is 0.946. The first-order chi connectivity index (χ1) is 10.6. The molecule has 1 heterocycles. The van der Waals surface area contributed by atoms with Gasteiger partial charge in [0.1, 0.15) is 6.04 Å². The Hall–Kier alpha value is -2.14. The maximum absolute atomic E-state index is 12.3. The second kappa shape index (κ2) is 5.93. The topological polar surface area (TPSA) is 64.0 Å². The van der Waals surface area contributed by atoms with Crippen LogP contribution >= 0.6 is 11.6 Å². The van der Waals surface area contributed by atoms with Crippen LogP contribution in [0.2, 0.25) is 5.02 Å². The van der Waals surface area contributed by atoms with Gasteiger partial charge in [-0.25, -0.2) is 4.68 Å². The van der Waals surface area contributed by atoms with E-state index in [-0.39, 0.29) is 11.5 Å². The number of nitrogens with zero attached hydrogens (tertiary/aromatic N) is 2. The minimum Gasteiger partial charge on any atom is -0.323 e. The molecule has 0 saturated carbocycles. The summed E-state index contributed by atoms with van der Waals surface area (Å²) >= 11 is 6.03. The van der Waals surface area contributed by atoms with E-state index in [1.165, 1.54) is 4.68 Å². The van der Waals surface area contributed by atoms with Crippen molar-refractivity contribution in [3.05, 3.63) is 57.0 Å². The largest absolute Gasteiger partial charge is 0.323 e. The van der Waals surface area contributed by atoms with Gasteiger partial charge in [-0.05, 0) is 43.9 Å². The molecule has 1 atom stereocenters. The Morgan fingerprint density at radius 2 is 2.14 bits per heavy atom. The Labute approximate surface area is 132 Å².